The Labute approximate surface area is 216 Å². The Morgan fingerprint density at radius 1 is 1.16 bits per heavy atom. The number of hydrogen-bond donors (Lipinski definition) is 1. The maximum absolute atomic E-state index is 15.6. The Bertz CT molecular complexity index is 1380. The van der Waals surface area contributed by atoms with Gasteiger partial charge in [0.1, 0.15) is 17.7 Å². The largest absolute Gasteiger partial charge is 0.374 e. The molecule has 1 N–H and O–H groups in total. The number of nitrogens with zero attached hydrogens (tertiary/aromatic N) is 1. The fraction of sp³-hybridized carbons (Fsp3) is 0.440. The van der Waals surface area contributed by atoms with E-state index in [4.69, 9.17) is 16.3 Å². The van der Waals surface area contributed by atoms with E-state index in [1.54, 1.807) is 0 Å². The highest BCUT2D eigenvalue weighted by Crippen LogP contribution is 2.45. The van der Waals surface area contributed by atoms with Crippen LogP contribution in [0.15, 0.2) is 41.3 Å². The molecule has 7 nitrogen and oxygen atoms in total. The number of amides is 2. The van der Waals surface area contributed by atoms with Gasteiger partial charge in [0.05, 0.1) is 29.2 Å². The summed E-state index contributed by atoms with van der Waals surface area (Å²) < 4.78 is 73.4. The lowest BCUT2D eigenvalue weighted by Gasteiger charge is -2.42. The van der Waals surface area contributed by atoms with Gasteiger partial charge < -0.3 is 15.0 Å². The predicted octanol–water partition coefficient (Wildman–Crippen LogP) is 3.61. The van der Waals surface area contributed by atoms with Gasteiger partial charge in [-0.3, -0.25) is 9.59 Å². The number of sulfone groups is 1. The third kappa shape index (κ3) is 4.61. The zero-order valence-corrected chi connectivity index (χ0v) is 21.3. The van der Waals surface area contributed by atoms with Gasteiger partial charge >= 0.3 is 0 Å². The molecule has 2 aromatic carbocycles. The van der Waals surface area contributed by atoms with E-state index in [0.29, 0.717) is 18.9 Å². The van der Waals surface area contributed by atoms with Crippen molar-refractivity contribution in [1.29, 1.82) is 0 Å². The first kappa shape index (κ1) is 26.0. The molecule has 2 amide bonds. The van der Waals surface area contributed by atoms with Crippen molar-refractivity contribution >= 4 is 33.3 Å². The number of benzene rings is 2. The molecule has 0 spiro atoms. The van der Waals surface area contributed by atoms with Gasteiger partial charge in [0.2, 0.25) is 5.91 Å². The first-order valence-corrected chi connectivity index (χ1v) is 14.0. The summed E-state index contributed by atoms with van der Waals surface area (Å²) in [4.78, 5) is 28.4. The van der Waals surface area contributed by atoms with Crippen molar-refractivity contribution in [3.8, 4) is 0 Å². The van der Waals surface area contributed by atoms with Crippen molar-refractivity contribution in [1.82, 2.24) is 10.2 Å². The van der Waals surface area contributed by atoms with Crippen LogP contribution in [0.25, 0.3) is 0 Å². The highest BCUT2D eigenvalue weighted by Gasteiger charge is 2.54. The van der Waals surface area contributed by atoms with E-state index in [1.807, 2.05) is 0 Å². The standard InChI is InChI=1S/C25H24ClF3N2O5S/c1-37(34,35)15-4-2-3-14(7-15)24(33)31-20-6-5-13(20)8-21(31)23(32)30-22(25(29)11-36-12-25)16-9-19(28)17(26)10-18(16)27/h2-4,7,9-10,13,20-22H,5-6,8,11-12H2,1H3,(H,30,32)/t13-,20-,21-,22?/m1/s1. The van der Waals surface area contributed by atoms with E-state index < -0.39 is 74.8 Å². The summed E-state index contributed by atoms with van der Waals surface area (Å²) in [6, 6.07) is 4.20. The van der Waals surface area contributed by atoms with Gasteiger partial charge in [-0.25, -0.2) is 21.6 Å². The molecule has 3 aliphatic rings. The normalized spacial score (nSPS) is 25.0. The topological polar surface area (TPSA) is 92.8 Å². The number of fused-ring (bicyclic) bond motifs is 1. The number of hydrogen-bond acceptors (Lipinski definition) is 5. The molecule has 2 aliphatic heterocycles. The summed E-state index contributed by atoms with van der Waals surface area (Å²) >= 11 is 5.65. The van der Waals surface area contributed by atoms with Gasteiger partial charge in [0.15, 0.2) is 15.5 Å². The zero-order valence-electron chi connectivity index (χ0n) is 19.7. The highest BCUT2D eigenvalue weighted by atomic mass is 35.5. The second-order valence-corrected chi connectivity index (χ2v) is 12.3. The lowest BCUT2D eigenvalue weighted by molar-refractivity contribution is -0.155. The fourth-order valence-corrected chi connectivity index (χ4v) is 6.12. The Balaban J connectivity index is 1.45. The summed E-state index contributed by atoms with van der Waals surface area (Å²) in [5.74, 6) is -3.15. The zero-order chi connectivity index (χ0) is 26.7. The van der Waals surface area contributed by atoms with Crippen LogP contribution in [0, 0.1) is 17.6 Å². The number of rotatable bonds is 6. The molecule has 4 atom stereocenters. The van der Waals surface area contributed by atoms with Crippen LogP contribution in [-0.2, 0) is 19.4 Å². The maximum Gasteiger partial charge on any atom is 0.254 e. The van der Waals surface area contributed by atoms with E-state index in [-0.39, 0.29) is 22.4 Å². The molecule has 37 heavy (non-hydrogen) atoms. The van der Waals surface area contributed by atoms with Crippen LogP contribution in [0.3, 0.4) is 0 Å². The Kier molecular flexibility index (Phi) is 6.52. The predicted molar refractivity (Wildman–Crippen MR) is 128 cm³/mol. The quantitative estimate of drug-likeness (QED) is 0.549. The van der Waals surface area contributed by atoms with Crippen LogP contribution in [-0.4, -0.2) is 62.4 Å². The molecule has 1 unspecified atom stereocenters. The average Bonchev–Trinajstić information content (AvgIpc) is 3.07. The lowest BCUT2D eigenvalue weighted by atomic mass is 9.80. The third-order valence-electron chi connectivity index (χ3n) is 7.48. The number of alkyl halides is 1. The summed E-state index contributed by atoms with van der Waals surface area (Å²) in [5.41, 5.74) is -2.50. The third-order valence-corrected chi connectivity index (χ3v) is 8.88. The smallest absolute Gasteiger partial charge is 0.254 e. The van der Waals surface area contributed by atoms with Gasteiger partial charge in [-0.05, 0) is 55.5 Å². The first-order valence-electron chi connectivity index (χ1n) is 11.7. The van der Waals surface area contributed by atoms with E-state index >= 15 is 4.39 Å². The maximum atomic E-state index is 15.6. The number of halogens is 4. The lowest BCUT2D eigenvalue weighted by Crippen LogP contribution is -2.58. The van der Waals surface area contributed by atoms with E-state index in [1.165, 1.54) is 29.2 Å². The van der Waals surface area contributed by atoms with Gasteiger partial charge in [0.25, 0.3) is 5.91 Å². The molecule has 0 bridgehead atoms. The molecule has 2 saturated heterocycles. The van der Waals surface area contributed by atoms with Gasteiger partial charge in [0, 0.05) is 23.4 Å². The molecule has 0 aromatic heterocycles. The van der Waals surface area contributed by atoms with Crippen LogP contribution in [0.2, 0.25) is 5.02 Å². The first-order chi connectivity index (χ1) is 17.4. The minimum atomic E-state index is -3.57. The van der Waals surface area contributed by atoms with Crippen LogP contribution in [0.5, 0.6) is 0 Å². The van der Waals surface area contributed by atoms with Crippen molar-refractivity contribution in [2.24, 2.45) is 5.92 Å². The molecule has 198 valence electrons. The minimum absolute atomic E-state index is 0.0339. The molecule has 0 radical (unpaired) electrons. The number of nitrogens with one attached hydrogen (secondary N) is 1. The Morgan fingerprint density at radius 2 is 1.89 bits per heavy atom. The molecule has 1 aliphatic carbocycles. The van der Waals surface area contributed by atoms with E-state index in [0.717, 1.165) is 18.7 Å². The molecule has 5 rings (SSSR count). The van der Waals surface area contributed by atoms with E-state index in [2.05, 4.69) is 5.32 Å². The van der Waals surface area contributed by atoms with Gasteiger partial charge in [-0.2, -0.15) is 0 Å². The molecule has 2 aromatic rings. The van der Waals surface area contributed by atoms with Crippen LogP contribution >= 0.6 is 11.6 Å². The molecule has 12 heteroatoms. The number of ether oxygens (including phenoxy) is 1. The summed E-state index contributed by atoms with van der Waals surface area (Å²) in [7, 11) is -3.57. The van der Waals surface area contributed by atoms with Crippen molar-refractivity contribution in [2.75, 3.05) is 19.5 Å². The number of carbonyl (C=O) groups is 2. The van der Waals surface area contributed by atoms with Crippen LogP contribution in [0.1, 0.15) is 41.2 Å². The van der Waals surface area contributed by atoms with E-state index in [9.17, 15) is 26.8 Å². The summed E-state index contributed by atoms with van der Waals surface area (Å²) in [6.45, 7) is -0.864. The monoisotopic (exact) mass is 556 g/mol. The molecular weight excluding hydrogens is 533 g/mol. The fourth-order valence-electron chi connectivity index (χ4n) is 5.31. The average molecular weight is 557 g/mol. The minimum Gasteiger partial charge on any atom is -0.374 e. The Hall–Kier alpha value is -2.63. The molecule has 2 heterocycles. The van der Waals surface area contributed by atoms with Crippen molar-refractivity contribution in [2.45, 2.75) is 48.0 Å². The van der Waals surface area contributed by atoms with Crippen molar-refractivity contribution < 1.29 is 35.9 Å². The van der Waals surface area contributed by atoms with Gasteiger partial charge in [-0.1, -0.05) is 17.7 Å². The second-order valence-electron chi connectivity index (χ2n) is 9.93. The van der Waals surface area contributed by atoms with Crippen molar-refractivity contribution in [3.05, 3.63) is 64.2 Å². The molecular formula is C25H24ClF3N2O5S. The SMILES string of the molecule is CS(=O)(=O)c1cccc(C(=O)N2[C@@H](C(=O)NC(c3cc(F)c(Cl)cc3F)C3(F)COC3)C[C@H]3CC[C@H]32)c1. The molecule has 3 fully saturated rings. The van der Waals surface area contributed by atoms with Crippen LogP contribution in [0.4, 0.5) is 13.2 Å². The second kappa shape index (κ2) is 9.28. The Morgan fingerprint density at radius 3 is 2.49 bits per heavy atom. The highest BCUT2D eigenvalue weighted by molar-refractivity contribution is 7.90. The van der Waals surface area contributed by atoms with Gasteiger partial charge in [-0.15, -0.1) is 0 Å². The van der Waals surface area contributed by atoms with Crippen molar-refractivity contribution in [3.63, 3.8) is 0 Å². The number of carbonyl (C=O) groups excluding carboxylic acids is 2. The van der Waals surface area contributed by atoms with Crippen LogP contribution < -0.4 is 5.32 Å². The summed E-state index contributed by atoms with van der Waals surface area (Å²) in [5, 5.41) is 2.03. The number of likely N-dealkylation sites (tertiary alicyclic amines) is 1. The molecule has 1 saturated carbocycles. The summed E-state index contributed by atoms with van der Waals surface area (Å²) in [6.07, 6.45) is 2.80.